The van der Waals surface area contributed by atoms with Crippen LogP contribution in [0.15, 0.2) is 285 Å². The summed E-state index contributed by atoms with van der Waals surface area (Å²) in [6.07, 6.45) is 1.43. The first-order valence-electron chi connectivity index (χ1n) is 29.4. The number of nitrogens with zero attached hydrogens (tertiary/aromatic N) is 4. The van der Waals surface area contributed by atoms with Gasteiger partial charge in [-0.25, -0.2) is 4.79 Å². The molecule has 0 aliphatic heterocycles. The van der Waals surface area contributed by atoms with Gasteiger partial charge in [-0.1, -0.05) is 173 Å². The molecule has 12 aromatic rings. The van der Waals surface area contributed by atoms with E-state index in [4.69, 9.17) is 0 Å². The van der Waals surface area contributed by atoms with Crippen molar-refractivity contribution in [3.05, 3.63) is 312 Å². The summed E-state index contributed by atoms with van der Waals surface area (Å²) in [6.45, 7) is 9.40. The third kappa shape index (κ3) is 9.86. The van der Waals surface area contributed by atoms with Crippen LogP contribution in [0.25, 0.3) is 61.0 Å². The third-order valence-corrected chi connectivity index (χ3v) is 18.6. The van der Waals surface area contributed by atoms with Gasteiger partial charge in [0.1, 0.15) is 11.6 Å². The average molecular weight is 1140 g/mol. The Balaban J connectivity index is 0.778. The van der Waals surface area contributed by atoms with Crippen LogP contribution in [-0.4, -0.2) is 11.1 Å². The fourth-order valence-electron chi connectivity index (χ4n) is 13.0. The van der Waals surface area contributed by atoms with E-state index in [9.17, 15) is 15.2 Å². The number of hydrogen-bond acceptors (Lipinski definition) is 6. The highest BCUT2D eigenvalue weighted by Gasteiger charge is 2.38. The Morgan fingerprint density at radius 1 is 0.368 bits per heavy atom. The van der Waals surface area contributed by atoms with Crippen LogP contribution in [0.3, 0.4) is 0 Å². The number of para-hydroxylation sites is 4. The van der Waals surface area contributed by atoms with Crippen LogP contribution in [0, 0.1) is 11.3 Å². The lowest BCUT2D eigenvalue weighted by Gasteiger charge is -2.28. The molecule has 0 spiro atoms. The van der Waals surface area contributed by atoms with Gasteiger partial charge < -0.3 is 19.8 Å². The maximum absolute atomic E-state index is 11.6. The summed E-state index contributed by atoms with van der Waals surface area (Å²) in [5.41, 5.74) is 24.8. The van der Waals surface area contributed by atoms with Gasteiger partial charge in [-0.05, 0) is 212 Å². The lowest BCUT2D eigenvalue weighted by molar-refractivity contribution is -0.132. The molecule has 1 heterocycles. The number of carboxylic acids is 1. The minimum absolute atomic E-state index is 0.247. The molecule has 418 valence electrons. The predicted octanol–water partition coefficient (Wildman–Crippen LogP) is 21.8. The highest BCUT2D eigenvalue weighted by molar-refractivity contribution is 7.16. The van der Waals surface area contributed by atoms with E-state index in [0.29, 0.717) is 4.88 Å². The molecular weight excluding hydrogens is 1080 g/mol. The number of nitriles is 1. The molecule has 11 aromatic carbocycles. The van der Waals surface area contributed by atoms with Gasteiger partial charge >= 0.3 is 5.97 Å². The fourth-order valence-corrected chi connectivity index (χ4v) is 13.9. The van der Waals surface area contributed by atoms with E-state index < -0.39 is 5.97 Å². The Bertz CT molecular complexity index is 4330. The van der Waals surface area contributed by atoms with Crippen molar-refractivity contribution in [3.63, 3.8) is 0 Å². The predicted molar refractivity (Wildman–Crippen MR) is 361 cm³/mol. The largest absolute Gasteiger partial charge is 0.477 e. The number of hydrogen-bond donors (Lipinski definition) is 1. The molecule has 14 rings (SSSR count). The Labute approximate surface area is 512 Å². The second-order valence-electron chi connectivity index (χ2n) is 23.4. The first-order valence-corrected chi connectivity index (χ1v) is 30.2. The summed E-state index contributed by atoms with van der Waals surface area (Å²) in [5.74, 6) is -1.24. The molecule has 0 fully saturated rings. The third-order valence-electron chi connectivity index (χ3n) is 17.5. The van der Waals surface area contributed by atoms with E-state index in [1.807, 2.05) is 12.1 Å². The number of fused-ring (bicyclic) bond motifs is 6. The normalized spacial score (nSPS) is 13.2. The van der Waals surface area contributed by atoms with Gasteiger partial charge in [-0.15, -0.1) is 11.3 Å². The van der Waals surface area contributed by atoms with Gasteiger partial charge in [0.05, 0.1) is 0 Å². The van der Waals surface area contributed by atoms with Crippen LogP contribution >= 0.6 is 11.3 Å². The van der Waals surface area contributed by atoms with Gasteiger partial charge in [0, 0.05) is 71.8 Å². The topological polar surface area (TPSA) is 70.8 Å². The maximum Gasteiger partial charge on any atom is 0.346 e. The first kappa shape index (κ1) is 54.2. The highest BCUT2D eigenvalue weighted by Crippen LogP contribution is 2.54. The van der Waals surface area contributed by atoms with E-state index in [1.54, 1.807) is 6.07 Å². The number of benzene rings is 11. The summed E-state index contributed by atoms with van der Waals surface area (Å²) in [7, 11) is 0. The van der Waals surface area contributed by atoms with Crippen LogP contribution < -0.4 is 14.7 Å². The monoisotopic (exact) mass is 1140 g/mol. The van der Waals surface area contributed by atoms with Crippen LogP contribution in [0.4, 0.5) is 51.2 Å². The van der Waals surface area contributed by atoms with Crippen molar-refractivity contribution in [1.82, 2.24) is 0 Å². The van der Waals surface area contributed by atoms with Crippen molar-refractivity contribution in [2.24, 2.45) is 0 Å². The van der Waals surface area contributed by atoms with Gasteiger partial charge in [0.2, 0.25) is 0 Å². The SMILES string of the molecule is CC1(C)c2cc(-c3ccc(N(c4ccc(-c5ccc6c(c5)C(C)(C)c5cc(N(c7ccccc7)c7ccccc7)ccc5-6)cc4)c4ccc(-c5ccc(/C=C(/C#N)C(=O)O)s5)cc4)cc3)ccc2-c2ccc(N(c3ccccc3)c3ccccc3)cc21. The van der Waals surface area contributed by atoms with E-state index in [1.165, 1.54) is 61.9 Å². The number of aliphatic carboxylic acids is 1. The summed E-state index contributed by atoms with van der Waals surface area (Å²) in [4.78, 5) is 20.3. The van der Waals surface area contributed by atoms with Crippen molar-refractivity contribution in [2.45, 2.75) is 38.5 Å². The molecule has 0 amide bonds. The lowest BCUT2D eigenvalue weighted by atomic mass is 9.81. The second kappa shape index (κ2) is 22.0. The van der Waals surface area contributed by atoms with E-state index in [-0.39, 0.29) is 16.4 Å². The number of carboxylic acid groups (broad SMARTS) is 1. The highest BCUT2D eigenvalue weighted by atomic mass is 32.1. The summed E-state index contributed by atoms with van der Waals surface area (Å²) in [6, 6.07) is 102. The van der Waals surface area contributed by atoms with Crippen molar-refractivity contribution in [3.8, 4) is 61.0 Å². The Morgan fingerprint density at radius 3 is 1.02 bits per heavy atom. The number of thiophene rings is 1. The van der Waals surface area contributed by atoms with Crippen molar-refractivity contribution < 1.29 is 9.90 Å². The zero-order chi connectivity index (χ0) is 59.4. The summed E-state index contributed by atoms with van der Waals surface area (Å²) in [5, 5.41) is 18.9. The zero-order valence-corrected chi connectivity index (χ0v) is 49.5. The number of rotatable bonds is 14. The van der Waals surface area contributed by atoms with Gasteiger partial charge in [0.15, 0.2) is 0 Å². The second-order valence-corrected chi connectivity index (χ2v) is 24.5. The minimum atomic E-state index is -1.24. The summed E-state index contributed by atoms with van der Waals surface area (Å²) >= 11 is 1.45. The molecular formula is C80H60N4O2S. The molecule has 87 heavy (non-hydrogen) atoms. The fraction of sp³-hybridized carbons (Fsp3) is 0.0750. The molecule has 1 aromatic heterocycles. The van der Waals surface area contributed by atoms with E-state index in [0.717, 1.165) is 83.9 Å². The molecule has 0 saturated carbocycles. The minimum Gasteiger partial charge on any atom is -0.477 e. The van der Waals surface area contributed by atoms with E-state index in [2.05, 4.69) is 309 Å². The first-order chi connectivity index (χ1) is 42.4. The van der Waals surface area contributed by atoms with E-state index >= 15 is 0 Å². The number of carbonyl (C=O) groups is 1. The average Bonchev–Trinajstić information content (AvgIpc) is 1.81. The Morgan fingerprint density at radius 2 is 0.667 bits per heavy atom. The molecule has 7 heteroatoms. The molecule has 0 radical (unpaired) electrons. The number of anilines is 9. The molecule has 0 saturated heterocycles. The van der Waals surface area contributed by atoms with Gasteiger partial charge in [-0.2, -0.15) is 5.26 Å². The molecule has 0 unspecified atom stereocenters. The van der Waals surface area contributed by atoms with Crippen LogP contribution in [-0.2, 0) is 15.6 Å². The molecule has 0 atom stereocenters. The molecule has 0 bridgehead atoms. The Kier molecular flexibility index (Phi) is 13.7. The summed E-state index contributed by atoms with van der Waals surface area (Å²) < 4.78 is 0. The zero-order valence-electron chi connectivity index (χ0n) is 48.7. The van der Waals surface area contributed by atoms with Crippen molar-refractivity contribution in [2.75, 3.05) is 14.7 Å². The van der Waals surface area contributed by atoms with Gasteiger partial charge in [0.25, 0.3) is 0 Å². The Hall–Kier alpha value is -10.8. The van der Waals surface area contributed by atoms with Gasteiger partial charge in [-0.3, -0.25) is 0 Å². The standard InChI is InChI=1S/C80H60N4O2S/c1-79(2)73-48-56(31-42-69(73)71-44-39-66(50-75(71)79)83(59-17-9-5-10-18-59)60-19-11-6-12-20-60)53-25-33-63(34-26-53)82(65-37-29-55(30-38-65)77-46-41-68(87-77)47-58(52-81)78(85)86)64-35-27-54(28-36-64)57-32-43-70-72-45-40-67(51-76(72)80(3,4)74(70)49-57)84(61-21-13-7-14-22-61)62-23-15-8-16-24-62/h5-51H,1-4H3,(H,85,86)/b58-47-. The van der Waals surface area contributed by atoms with Crippen molar-refractivity contribution >= 4 is 74.6 Å². The van der Waals surface area contributed by atoms with Crippen LogP contribution in [0.2, 0.25) is 0 Å². The quantitative estimate of drug-likeness (QED) is 0.0864. The molecule has 1 N–H and O–H groups in total. The molecule has 2 aliphatic rings. The van der Waals surface area contributed by atoms with Crippen molar-refractivity contribution in [1.29, 1.82) is 5.26 Å². The van der Waals surface area contributed by atoms with Crippen LogP contribution in [0.5, 0.6) is 0 Å². The smallest absolute Gasteiger partial charge is 0.346 e. The van der Waals surface area contributed by atoms with Crippen LogP contribution in [0.1, 0.15) is 54.8 Å². The maximum atomic E-state index is 11.6. The molecule has 2 aliphatic carbocycles. The molecule has 6 nitrogen and oxygen atoms in total. The lowest BCUT2D eigenvalue weighted by Crippen LogP contribution is -2.16.